The van der Waals surface area contributed by atoms with Crippen molar-refractivity contribution in [2.24, 2.45) is 12.2 Å². The number of oxime groups is 1. The molecule has 1 heterocycles. The lowest BCUT2D eigenvalue weighted by atomic mass is 10.2. The zero-order valence-corrected chi connectivity index (χ0v) is 10.6. The lowest BCUT2D eigenvalue weighted by molar-refractivity contribution is 0.341. The number of hydrogen-bond donors (Lipinski definition) is 1. The van der Waals surface area contributed by atoms with Gasteiger partial charge in [0, 0.05) is 12.7 Å². The minimum atomic E-state index is -0.106. The van der Waals surface area contributed by atoms with Crippen LogP contribution in [0.2, 0.25) is 0 Å². The maximum absolute atomic E-state index is 11.8. The predicted molar refractivity (Wildman–Crippen MR) is 70.1 cm³/mol. The Morgan fingerprint density at radius 3 is 2.56 bits per heavy atom. The molecule has 0 fully saturated rings. The molecule has 0 unspecified atom stereocenters. The summed E-state index contributed by atoms with van der Waals surface area (Å²) in [5.74, 6) is 0.641. The molecule has 1 aromatic heterocycles. The monoisotopic (exact) mass is 245 g/mol. The zero-order valence-electron chi connectivity index (χ0n) is 10.6. The molecule has 0 aliphatic heterocycles. The Morgan fingerprint density at radius 2 is 2.00 bits per heavy atom. The van der Waals surface area contributed by atoms with Gasteiger partial charge in [-0.3, -0.25) is 14.6 Å². The van der Waals surface area contributed by atoms with E-state index in [1.165, 1.54) is 4.68 Å². The highest BCUT2D eigenvalue weighted by Gasteiger charge is 2.12. The lowest BCUT2D eigenvalue weighted by Crippen LogP contribution is -2.18. The molecule has 1 N–H and O–H groups in total. The van der Waals surface area contributed by atoms with Crippen LogP contribution in [-0.2, 0) is 7.05 Å². The number of nitrogens with one attached hydrogen (secondary N) is 1. The first kappa shape index (κ1) is 12.2. The maximum atomic E-state index is 11.8. The number of para-hydroxylation sites is 1. The summed E-state index contributed by atoms with van der Waals surface area (Å²) in [4.78, 5) is 17.1. The van der Waals surface area contributed by atoms with Crippen LogP contribution in [-0.4, -0.2) is 15.5 Å². The summed E-state index contributed by atoms with van der Waals surface area (Å²) in [5.41, 5.74) is 1.78. The Bertz CT molecular complexity index is 623. The molecular weight excluding hydrogens is 230 g/mol. The van der Waals surface area contributed by atoms with E-state index in [9.17, 15) is 4.79 Å². The Morgan fingerprint density at radius 1 is 1.33 bits per heavy atom. The Labute approximate surface area is 105 Å². The van der Waals surface area contributed by atoms with Crippen LogP contribution in [0.4, 0.5) is 0 Å². The predicted octanol–water partition coefficient (Wildman–Crippen LogP) is 1.82. The second kappa shape index (κ2) is 4.91. The molecule has 0 saturated heterocycles. The molecule has 18 heavy (non-hydrogen) atoms. The first-order valence-electron chi connectivity index (χ1n) is 5.62. The average Bonchev–Trinajstić information content (AvgIpc) is 2.62. The quantitative estimate of drug-likeness (QED) is 0.662. The van der Waals surface area contributed by atoms with Crippen molar-refractivity contribution in [1.82, 2.24) is 9.78 Å². The summed E-state index contributed by atoms with van der Waals surface area (Å²) >= 11 is 0. The first-order chi connectivity index (χ1) is 8.59. The van der Waals surface area contributed by atoms with Crippen LogP contribution < -0.4 is 10.4 Å². The molecule has 2 rings (SSSR count). The molecule has 1 aromatic carbocycles. The summed E-state index contributed by atoms with van der Waals surface area (Å²) in [7, 11) is 1.67. The summed E-state index contributed by atoms with van der Waals surface area (Å²) in [6.07, 6.45) is 0. The fraction of sp³-hybridized carbons (Fsp3) is 0.231. The molecule has 0 radical (unpaired) electrons. The fourth-order valence-corrected chi connectivity index (χ4v) is 1.76. The first-order valence-corrected chi connectivity index (χ1v) is 5.62. The van der Waals surface area contributed by atoms with Gasteiger partial charge in [-0.15, -0.1) is 0 Å². The molecule has 5 heteroatoms. The number of H-pyrrole nitrogens is 1. The normalized spacial score (nSPS) is 11.6. The van der Waals surface area contributed by atoms with Gasteiger partial charge in [0.05, 0.1) is 11.3 Å². The van der Waals surface area contributed by atoms with E-state index in [1.54, 1.807) is 26.1 Å². The van der Waals surface area contributed by atoms with Gasteiger partial charge in [0.25, 0.3) is 5.56 Å². The highest BCUT2D eigenvalue weighted by molar-refractivity contribution is 5.99. The summed E-state index contributed by atoms with van der Waals surface area (Å²) in [6.45, 7) is 3.58. The fourth-order valence-electron chi connectivity index (χ4n) is 1.76. The van der Waals surface area contributed by atoms with Gasteiger partial charge in [-0.25, -0.2) is 0 Å². The minimum absolute atomic E-state index is 0.106. The summed E-state index contributed by atoms with van der Waals surface area (Å²) in [5, 5.41) is 6.91. The topological polar surface area (TPSA) is 59.4 Å². The highest BCUT2D eigenvalue weighted by atomic mass is 16.6. The van der Waals surface area contributed by atoms with Crippen molar-refractivity contribution in [3.8, 4) is 5.75 Å². The molecule has 0 spiro atoms. The molecule has 0 saturated carbocycles. The van der Waals surface area contributed by atoms with Crippen molar-refractivity contribution in [1.29, 1.82) is 0 Å². The zero-order chi connectivity index (χ0) is 13.1. The number of hydrogen-bond acceptors (Lipinski definition) is 3. The Kier molecular flexibility index (Phi) is 3.32. The summed E-state index contributed by atoms with van der Waals surface area (Å²) in [6, 6.07) is 9.23. The van der Waals surface area contributed by atoms with Gasteiger partial charge in [0.15, 0.2) is 5.75 Å². The van der Waals surface area contributed by atoms with Crippen molar-refractivity contribution >= 4 is 5.71 Å². The molecule has 0 atom stereocenters. The van der Waals surface area contributed by atoms with Gasteiger partial charge in [-0.1, -0.05) is 23.4 Å². The molecule has 0 aliphatic carbocycles. The van der Waals surface area contributed by atoms with E-state index in [4.69, 9.17) is 4.84 Å². The number of aryl methyl sites for hydroxylation is 2. The summed E-state index contributed by atoms with van der Waals surface area (Å²) < 4.78 is 1.42. The average molecular weight is 245 g/mol. The third-order valence-corrected chi connectivity index (χ3v) is 2.62. The van der Waals surface area contributed by atoms with Crippen LogP contribution in [0.15, 0.2) is 40.3 Å². The van der Waals surface area contributed by atoms with E-state index >= 15 is 0 Å². The lowest BCUT2D eigenvalue weighted by Gasteiger charge is -1.99. The minimum Gasteiger partial charge on any atom is -0.357 e. The molecule has 0 aliphatic rings. The molecule has 2 aromatic rings. The van der Waals surface area contributed by atoms with E-state index in [0.29, 0.717) is 17.0 Å². The van der Waals surface area contributed by atoms with E-state index in [2.05, 4.69) is 10.3 Å². The van der Waals surface area contributed by atoms with E-state index in [1.807, 2.05) is 25.1 Å². The van der Waals surface area contributed by atoms with Gasteiger partial charge in [0.1, 0.15) is 0 Å². The van der Waals surface area contributed by atoms with Crippen molar-refractivity contribution < 1.29 is 4.84 Å². The molecule has 5 nitrogen and oxygen atoms in total. The second-order valence-corrected chi connectivity index (χ2v) is 4.06. The van der Waals surface area contributed by atoms with Crippen molar-refractivity contribution in [3.05, 3.63) is 51.9 Å². The van der Waals surface area contributed by atoms with E-state index < -0.39 is 0 Å². The third-order valence-electron chi connectivity index (χ3n) is 2.62. The molecule has 0 bridgehead atoms. The standard InChI is InChI=1S/C13H15N3O2/c1-9-12(13(17)16(3)14-9)10(2)15-18-11-7-5-4-6-8-11/h4-8,14H,1-3H3. The molecule has 0 amide bonds. The molecule has 94 valence electrons. The van der Waals surface area contributed by atoms with Gasteiger partial charge in [-0.2, -0.15) is 0 Å². The van der Waals surface area contributed by atoms with E-state index in [0.717, 1.165) is 5.69 Å². The number of aromatic amines is 1. The van der Waals surface area contributed by atoms with Crippen LogP contribution in [0.5, 0.6) is 5.75 Å². The van der Waals surface area contributed by atoms with Crippen LogP contribution in [0.1, 0.15) is 18.2 Å². The number of rotatable bonds is 3. The highest BCUT2D eigenvalue weighted by Crippen LogP contribution is 2.09. The van der Waals surface area contributed by atoms with Crippen LogP contribution >= 0.6 is 0 Å². The van der Waals surface area contributed by atoms with Gasteiger partial charge in [-0.05, 0) is 26.0 Å². The Balaban J connectivity index is 2.26. The third kappa shape index (κ3) is 2.34. The molecular formula is C13H15N3O2. The maximum Gasteiger partial charge on any atom is 0.275 e. The SMILES string of the molecule is CC(=NOc1ccccc1)c1c(C)[nH]n(C)c1=O. The number of nitrogens with zero attached hydrogens (tertiary/aromatic N) is 2. The largest absolute Gasteiger partial charge is 0.357 e. The smallest absolute Gasteiger partial charge is 0.275 e. The van der Waals surface area contributed by atoms with Crippen LogP contribution in [0.25, 0.3) is 0 Å². The second-order valence-electron chi connectivity index (χ2n) is 4.06. The van der Waals surface area contributed by atoms with Crippen molar-refractivity contribution in [3.63, 3.8) is 0 Å². The number of aromatic nitrogens is 2. The van der Waals surface area contributed by atoms with Gasteiger partial charge >= 0.3 is 0 Å². The van der Waals surface area contributed by atoms with Crippen molar-refractivity contribution in [2.75, 3.05) is 0 Å². The Hall–Kier alpha value is -2.30. The van der Waals surface area contributed by atoms with Crippen molar-refractivity contribution in [2.45, 2.75) is 13.8 Å². The number of benzene rings is 1. The van der Waals surface area contributed by atoms with Gasteiger partial charge < -0.3 is 4.84 Å². The van der Waals surface area contributed by atoms with Gasteiger partial charge in [0.2, 0.25) is 0 Å². The van der Waals surface area contributed by atoms with Crippen LogP contribution in [0, 0.1) is 6.92 Å². The van der Waals surface area contributed by atoms with E-state index in [-0.39, 0.29) is 5.56 Å². The van der Waals surface area contributed by atoms with Crippen LogP contribution in [0.3, 0.4) is 0 Å².